The number of benzene rings is 4. The highest BCUT2D eigenvalue weighted by Crippen LogP contribution is 2.27. The number of rotatable bonds is 10. The molecule has 1 atom stereocenters. The molecule has 7 nitrogen and oxygen atoms in total. The first-order chi connectivity index (χ1) is 20.6. The van der Waals surface area contributed by atoms with Crippen molar-refractivity contribution in [1.29, 1.82) is 0 Å². The van der Waals surface area contributed by atoms with Crippen LogP contribution in [0.25, 0.3) is 6.08 Å². The largest absolute Gasteiger partial charge is 0.378 e. The van der Waals surface area contributed by atoms with Gasteiger partial charge in [0.05, 0.1) is 5.25 Å². The van der Waals surface area contributed by atoms with Crippen molar-refractivity contribution in [3.05, 3.63) is 125 Å². The maximum Gasteiger partial charge on any atom is 0.272 e. The average Bonchev–Trinajstić information content (AvgIpc) is 3.00. The molecule has 0 spiro atoms. The standard InChI is InChI=1S/C35H36N4O3S/c1-23-11-12-24(2)31(21-23)37-33(40)25(3)43-30-19-15-28(16-20-30)36-35(42)32(38-34(41)27-9-7-6-8-10-27)22-26-13-17-29(18-14-26)39(4)5/h6-22,25H,1-5H3,(H,36,42)(H,37,40)(H,38,41)/b32-22-. The summed E-state index contributed by atoms with van der Waals surface area (Å²) in [7, 11) is 3.91. The second-order valence-corrected chi connectivity index (χ2v) is 11.8. The van der Waals surface area contributed by atoms with E-state index in [0.29, 0.717) is 11.3 Å². The van der Waals surface area contributed by atoms with E-state index in [1.54, 1.807) is 42.5 Å². The Morgan fingerprint density at radius 2 is 1.49 bits per heavy atom. The van der Waals surface area contributed by atoms with Crippen molar-refractivity contribution in [3.8, 4) is 0 Å². The Bertz CT molecular complexity index is 1620. The zero-order chi connectivity index (χ0) is 30.9. The molecule has 0 saturated carbocycles. The molecular formula is C35H36N4O3S. The van der Waals surface area contributed by atoms with Crippen molar-refractivity contribution in [3.63, 3.8) is 0 Å². The van der Waals surface area contributed by atoms with Gasteiger partial charge in [0.25, 0.3) is 11.8 Å². The van der Waals surface area contributed by atoms with Gasteiger partial charge in [0.1, 0.15) is 5.70 Å². The number of anilines is 3. The lowest BCUT2D eigenvalue weighted by Gasteiger charge is -2.15. The molecule has 0 radical (unpaired) electrons. The third kappa shape index (κ3) is 8.83. The van der Waals surface area contributed by atoms with Crippen LogP contribution >= 0.6 is 11.8 Å². The van der Waals surface area contributed by atoms with Crippen LogP contribution in [0.5, 0.6) is 0 Å². The SMILES string of the molecule is Cc1ccc(C)c(NC(=O)C(C)Sc2ccc(NC(=O)/C(=C/c3ccc(N(C)C)cc3)NC(=O)c3ccccc3)cc2)c1. The number of thioether (sulfide) groups is 1. The molecule has 4 aromatic rings. The maximum absolute atomic E-state index is 13.4. The van der Waals surface area contributed by atoms with Gasteiger partial charge in [0.15, 0.2) is 0 Å². The molecule has 220 valence electrons. The molecule has 4 aromatic carbocycles. The molecule has 0 saturated heterocycles. The molecule has 4 rings (SSSR count). The van der Waals surface area contributed by atoms with Crippen molar-refractivity contribution < 1.29 is 14.4 Å². The number of hydrogen-bond acceptors (Lipinski definition) is 5. The lowest BCUT2D eigenvalue weighted by molar-refractivity contribution is -0.115. The summed E-state index contributed by atoms with van der Waals surface area (Å²) < 4.78 is 0. The second kappa shape index (κ2) is 14.4. The number of amides is 3. The number of nitrogens with zero attached hydrogens (tertiary/aromatic N) is 1. The van der Waals surface area contributed by atoms with Gasteiger partial charge < -0.3 is 20.9 Å². The minimum atomic E-state index is -0.456. The summed E-state index contributed by atoms with van der Waals surface area (Å²) in [6, 6.07) is 29.6. The summed E-state index contributed by atoms with van der Waals surface area (Å²) in [5.41, 5.74) is 5.81. The van der Waals surface area contributed by atoms with E-state index in [2.05, 4.69) is 16.0 Å². The first-order valence-corrected chi connectivity index (χ1v) is 14.8. The fourth-order valence-electron chi connectivity index (χ4n) is 4.16. The zero-order valence-corrected chi connectivity index (χ0v) is 25.8. The number of carbonyl (C=O) groups is 3. The summed E-state index contributed by atoms with van der Waals surface area (Å²) in [4.78, 5) is 42.0. The molecule has 3 N–H and O–H groups in total. The molecule has 43 heavy (non-hydrogen) atoms. The van der Waals surface area contributed by atoms with Crippen LogP contribution in [0, 0.1) is 13.8 Å². The van der Waals surface area contributed by atoms with Gasteiger partial charge in [-0.15, -0.1) is 11.8 Å². The van der Waals surface area contributed by atoms with E-state index in [-0.39, 0.29) is 22.8 Å². The molecule has 0 heterocycles. The molecule has 0 aliphatic carbocycles. The van der Waals surface area contributed by atoms with Crippen molar-refractivity contribution in [1.82, 2.24) is 5.32 Å². The predicted molar refractivity (Wildman–Crippen MR) is 178 cm³/mol. The Labute approximate surface area is 257 Å². The van der Waals surface area contributed by atoms with Crippen molar-refractivity contribution in [2.45, 2.75) is 30.9 Å². The van der Waals surface area contributed by atoms with Gasteiger partial charge in [-0.25, -0.2) is 0 Å². The Morgan fingerprint density at radius 1 is 0.814 bits per heavy atom. The number of carbonyl (C=O) groups excluding carboxylic acids is 3. The van der Waals surface area contributed by atoms with Crippen molar-refractivity contribution >= 4 is 52.6 Å². The first-order valence-electron chi connectivity index (χ1n) is 13.9. The molecule has 0 aromatic heterocycles. The van der Waals surface area contributed by atoms with Crippen LogP contribution in [0.2, 0.25) is 0 Å². The number of hydrogen-bond donors (Lipinski definition) is 3. The normalized spacial score (nSPS) is 11.8. The summed E-state index contributed by atoms with van der Waals surface area (Å²) in [5, 5.41) is 8.33. The Balaban J connectivity index is 1.45. The van der Waals surface area contributed by atoms with E-state index >= 15 is 0 Å². The molecule has 8 heteroatoms. The zero-order valence-electron chi connectivity index (χ0n) is 25.0. The predicted octanol–water partition coefficient (Wildman–Crippen LogP) is 6.90. The van der Waals surface area contributed by atoms with E-state index in [4.69, 9.17) is 0 Å². The molecule has 3 amide bonds. The van der Waals surface area contributed by atoms with Crippen LogP contribution < -0.4 is 20.9 Å². The summed E-state index contributed by atoms with van der Waals surface area (Å²) in [6.45, 7) is 5.82. The van der Waals surface area contributed by atoms with Crippen LogP contribution in [0.3, 0.4) is 0 Å². The third-order valence-electron chi connectivity index (χ3n) is 6.69. The fraction of sp³-hybridized carbons (Fsp3) is 0.171. The van der Waals surface area contributed by atoms with E-state index < -0.39 is 5.91 Å². The average molecular weight is 593 g/mol. The topological polar surface area (TPSA) is 90.5 Å². The lowest BCUT2D eigenvalue weighted by atomic mass is 10.1. The Morgan fingerprint density at radius 3 is 2.14 bits per heavy atom. The lowest BCUT2D eigenvalue weighted by Crippen LogP contribution is -2.30. The summed E-state index contributed by atoms with van der Waals surface area (Å²) in [5.74, 6) is -0.923. The van der Waals surface area contributed by atoms with E-state index in [9.17, 15) is 14.4 Å². The Hall–Kier alpha value is -4.82. The van der Waals surface area contributed by atoms with Gasteiger partial charge in [0, 0.05) is 41.6 Å². The number of nitrogens with one attached hydrogen (secondary N) is 3. The second-order valence-electron chi connectivity index (χ2n) is 10.4. The molecule has 0 aliphatic heterocycles. The quantitative estimate of drug-likeness (QED) is 0.138. The Kier molecular flexibility index (Phi) is 10.4. The summed E-state index contributed by atoms with van der Waals surface area (Å²) in [6.07, 6.45) is 1.65. The monoisotopic (exact) mass is 592 g/mol. The van der Waals surface area contributed by atoms with Crippen molar-refractivity contribution in [2.75, 3.05) is 29.6 Å². The minimum absolute atomic E-state index is 0.0846. The highest BCUT2D eigenvalue weighted by Gasteiger charge is 2.17. The van der Waals surface area contributed by atoms with Gasteiger partial charge >= 0.3 is 0 Å². The molecule has 0 bridgehead atoms. The third-order valence-corrected chi connectivity index (χ3v) is 7.81. The van der Waals surface area contributed by atoms with Gasteiger partial charge in [-0.2, -0.15) is 0 Å². The highest BCUT2D eigenvalue weighted by molar-refractivity contribution is 8.00. The van der Waals surface area contributed by atoms with Crippen molar-refractivity contribution in [2.24, 2.45) is 0 Å². The van der Waals surface area contributed by atoms with Gasteiger partial charge in [-0.1, -0.05) is 42.5 Å². The van der Waals surface area contributed by atoms with Gasteiger partial charge in [-0.3, -0.25) is 14.4 Å². The number of aryl methyl sites for hydroxylation is 2. The van der Waals surface area contributed by atoms with E-state index in [1.165, 1.54) is 11.8 Å². The maximum atomic E-state index is 13.4. The highest BCUT2D eigenvalue weighted by atomic mass is 32.2. The minimum Gasteiger partial charge on any atom is -0.378 e. The first kappa shape index (κ1) is 31.1. The van der Waals surface area contributed by atoms with Crippen LogP contribution in [-0.4, -0.2) is 37.1 Å². The van der Waals surface area contributed by atoms with Crippen LogP contribution in [0.1, 0.15) is 34.0 Å². The molecule has 0 fully saturated rings. The molecule has 0 aliphatic rings. The smallest absolute Gasteiger partial charge is 0.272 e. The van der Waals surface area contributed by atoms with E-state index in [0.717, 1.165) is 33.0 Å². The summed E-state index contributed by atoms with van der Waals surface area (Å²) >= 11 is 1.43. The van der Waals surface area contributed by atoms with Gasteiger partial charge in [0.2, 0.25) is 5.91 Å². The fourth-order valence-corrected chi connectivity index (χ4v) is 5.02. The molecule has 1 unspecified atom stereocenters. The van der Waals surface area contributed by atoms with Crippen LogP contribution in [0.4, 0.5) is 17.1 Å². The van der Waals surface area contributed by atoms with Crippen LogP contribution in [-0.2, 0) is 9.59 Å². The van der Waals surface area contributed by atoms with Crippen LogP contribution in [0.15, 0.2) is 108 Å². The van der Waals surface area contributed by atoms with E-state index in [1.807, 2.05) is 100 Å². The molecular weight excluding hydrogens is 556 g/mol. The van der Waals surface area contributed by atoms with Gasteiger partial charge in [-0.05, 0) is 98.1 Å².